The van der Waals surface area contributed by atoms with Crippen LogP contribution in [0.3, 0.4) is 0 Å². The van der Waals surface area contributed by atoms with Crippen molar-refractivity contribution in [2.75, 3.05) is 5.32 Å². The molecule has 0 aliphatic carbocycles. The Bertz CT molecular complexity index is 439. The number of nitrogens with one attached hydrogen (secondary N) is 1. The van der Waals surface area contributed by atoms with Gasteiger partial charge < -0.3 is 5.11 Å². The maximum absolute atomic E-state index is 11.7. The van der Waals surface area contributed by atoms with Gasteiger partial charge in [-0.2, -0.15) is 0 Å². The lowest BCUT2D eigenvalue weighted by molar-refractivity contribution is -0.145. The number of amides is 1. The van der Waals surface area contributed by atoms with Crippen LogP contribution in [0.5, 0.6) is 0 Å². The van der Waals surface area contributed by atoms with Crippen LogP contribution in [0.4, 0.5) is 5.95 Å². The molecule has 7 heteroatoms. The van der Waals surface area contributed by atoms with Crippen LogP contribution >= 0.6 is 11.6 Å². The molecular formula is C10H12ClN3O3. The van der Waals surface area contributed by atoms with Gasteiger partial charge in [0.25, 0.3) is 0 Å². The first-order valence-corrected chi connectivity index (χ1v) is 5.32. The minimum atomic E-state index is -1.03. The van der Waals surface area contributed by atoms with Crippen LogP contribution in [0.1, 0.15) is 13.8 Å². The van der Waals surface area contributed by atoms with Gasteiger partial charge in [0.15, 0.2) is 0 Å². The van der Waals surface area contributed by atoms with Crippen molar-refractivity contribution in [2.45, 2.75) is 13.8 Å². The Labute approximate surface area is 103 Å². The molecular weight excluding hydrogens is 246 g/mol. The van der Waals surface area contributed by atoms with Crippen LogP contribution in [0.2, 0.25) is 5.15 Å². The van der Waals surface area contributed by atoms with E-state index in [2.05, 4.69) is 15.3 Å². The van der Waals surface area contributed by atoms with Gasteiger partial charge in [-0.15, -0.1) is 0 Å². The number of carboxylic acids is 1. The lowest BCUT2D eigenvalue weighted by Gasteiger charge is -2.14. The molecule has 1 aromatic heterocycles. The van der Waals surface area contributed by atoms with Crippen molar-refractivity contribution in [1.82, 2.24) is 9.97 Å². The normalized spacial score (nSPS) is 13.8. The fourth-order valence-electron chi connectivity index (χ4n) is 1.06. The van der Waals surface area contributed by atoms with Crippen molar-refractivity contribution in [1.29, 1.82) is 0 Å². The van der Waals surface area contributed by atoms with E-state index in [0.717, 1.165) is 0 Å². The first-order chi connectivity index (χ1) is 7.91. The predicted molar refractivity (Wildman–Crippen MR) is 61.6 cm³/mol. The fourth-order valence-corrected chi connectivity index (χ4v) is 1.20. The Kier molecular flexibility index (Phi) is 4.39. The zero-order valence-corrected chi connectivity index (χ0v) is 10.1. The highest BCUT2D eigenvalue weighted by Gasteiger charge is 2.26. The second-order valence-electron chi connectivity index (χ2n) is 3.61. The maximum atomic E-state index is 11.7. The van der Waals surface area contributed by atoms with Gasteiger partial charge in [-0.3, -0.25) is 14.9 Å². The fraction of sp³-hybridized carbons (Fsp3) is 0.400. The van der Waals surface area contributed by atoms with Gasteiger partial charge in [0.2, 0.25) is 11.9 Å². The first-order valence-electron chi connectivity index (χ1n) is 4.94. The number of carboxylic acid groups (broad SMARTS) is 1. The highest BCUT2D eigenvalue weighted by atomic mass is 35.5. The van der Waals surface area contributed by atoms with Gasteiger partial charge in [-0.1, -0.05) is 25.4 Å². The molecule has 1 amide bonds. The average Bonchev–Trinajstić information content (AvgIpc) is 2.26. The van der Waals surface area contributed by atoms with Gasteiger partial charge in [0.1, 0.15) is 5.15 Å². The molecule has 17 heavy (non-hydrogen) atoms. The van der Waals surface area contributed by atoms with E-state index in [1.165, 1.54) is 26.1 Å². The summed E-state index contributed by atoms with van der Waals surface area (Å²) in [6.45, 7) is 2.99. The highest BCUT2D eigenvalue weighted by molar-refractivity contribution is 6.29. The van der Waals surface area contributed by atoms with Crippen LogP contribution in [0, 0.1) is 11.8 Å². The molecule has 1 rings (SSSR count). The Morgan fingerprint density at radius 2 is 2.06 bits per heavy atom. The second kappa shape index (κ2) is 5.58. The van der Waals surface area contributed by atoms with E-state index in [1.54, 1.807) is 0 Å². The van der Waals surface area contributed by atoms with E-state index in [0.29, 0.717) is 0 Å². The number of carbonyl (C=O) groups is 2. The Morgan fingerprint density at radius 1 is 1.41 bits per heavy atom. The second-order valence-corrected chi connectivity index (χ2v) is 4.00. The van der Waals surface area contributed by atoms with Gasteiger partial charge in [-0.05, 0) is 6.07 Å². The number of hydrogen-bond donors (Lipinski definition) is 2. The molecule has 2 unspecified atom stereocenters. The summed E-state index contributed by atoms with van der Waals surface area (Å²) < 4.78 is 0. The smallest absolute Gasteiger partial charge is 0.307 e. The highest BCUT2D eigenvalue weighted by Crippen LogP contribution is 2.14. The SMILES string of the molecule is CC(C(=O)O)C(C)C(=O)Nc1nccc(Cl)n1. The number of halogens is 1. The summed E-state index contributed by atoms with van der Waals surface area (Å²) in [7, 11) is 0. The van der Waals surface area contributed by atoms with Gasteiger partial charge in [0, 0.05) is 12.1 Å². The standard InChI is InChI=1S/C10H12ClN3O3/c1-5(6(2)9(16)17)8(15)14-10-12-4-3-7(11)13-10/h3-6H,1-2H3,(H,16,17)(H,12,13,14,15). The molecule has 92 valence electrons. The van der Waals surface area contributed by atoms with E-state index in [-0.39, 0.29) is 11.1 Å². The molecule has 0 fully saturated rings. The molecule has 0 bridgehead atoms. The van der Waals surface area contributed by atoms with E-state index in [4.69, 9.17) is 16.7 Å². The summed E-state index contributed by atoms with van der Waals surface area (Å²) in [5.41, 5.74) is 0. The topological polar surface area (TPSA) is 92.2 Å². The number of carbonyl (C=O) groups excluding carboxylic acids is 1. The maximum Gasteiger partial charge on any atom is 0.307 e. The molecule has 2 atom stereocenters. The third kappa shape index (κ3) is 3.67. The molecule has 1 aromatic rings. The van der Waals surface area contributed by atoms with Crippen LogP contribution in [0.25, 0.3) is 0 Å². The number of nitrogens with zero attached hydrogens (tertiary/aromatic N) is 2. The summed E-state index contributed by atoms with van der Waals surface area (Å²) in [5, 5.41) is 11.4. The zero-order chi connectivity index (χ0) is 13.0. The summed E-state index contributed by atoms with van der Waals surface area (Å²) in [6, 6.07) is 1.47. The summed E-state index contributed by atoms with van der Waals surface area (Å²) in [6.07, 6.45) is 1.40. The molecule has 0 radical (unpaired) electrons. The van der Waals surface area contributed by atoms with Crippen molar-refractivity contribution in [3.05, 3.63) is 17.4 Å². The lowest BCUT2D eigenvalue weighted by Crippen LogP contribution is -2.30. The Morgan fingerprint density at radius 3 is 2.59 bits per heavy atom. The third-order valence-corrected chi connectivity index (χ3v) is 2.62. The minimum Gasteiger partial charge on any atom is -0.481 e. The van der Waals surface area contributed by atoms with E-state index in [1.807, 2.05) is 0 Å². The van der Waals surface area contributed by atoms with Crippen molar-refractivity contribution < 1.29 is 14.7 Å². The Balaban J connectivity index is 2.69. The molecule has 0 aliphatic heterocycles. The van der Waals surface area contributed by atoms with Gasteiger partial charge in [0.05, 0.1) is 5.92 Å². The van der Waals surface area contributed by atoms with Crippen molar-refractivity contribution in [2.24, 2.45) is 11.8 Å². The van der Waals surface area contributed by atoms with E-state index in [9.17, 15) is 9.59 Å². The molecule has 1 heterocycles. The van der Waals surface area contributed by atoms with Crippen LogP contribution in [-0.4, -0.2) is 27.0 Å². The molecule has 0 aliphatic rings. The van der Waals surface area contributed by atoms with Crippen LogP contribution < -0.4 is 5.32 Å². The number of anilines is 1. The number of hydrogen-bond acceptors (Lipinski definition) is 4. The van der Waals surface area contributed by atoms with E-state index < -0.39 is 23.7 Å². The zero-order valence-electron chi connectivity index (χ0n) is 9.35. The quantitative estimate of drug-likeness (QED) is 0.796. The number of aliphatic carboxylic acids is 1. The molecule has 0 saturated heterocycles. The molecule has 6 nitrogen and oxygen atoms in total. The largest absolute Gasteiger partial charge is 0.481 e. The summed E-state index contributed by atoms with van der Waals surface area (Å²) >= 11 is 5.62. The number of rotatable bonds is 4. The van der Waals surface area contributed by atoms with Crippen molar-refractivity contribution in [3.63, 3.8) is 0 Å². The minimum absolute atomic E-state index is 0.0620. The first kappa shape index (κ1) is 13.4. The van der Waals surface area contributed by atoms with E-state index >= 15 is 0 Å². The van der Waals surface area contributed by atoms with Crippen molar-refractivity contribution in [3.8, 4) is 0 Å². The number of aromatic nitrogens is 2. The average molecular weight is 258 g/mol. The van der Waals surface area contributed by atoms with Crippen LogP contribution in [-0.2, 0) is 9.59 Å². The third-order valence-electron chi connectivity index (χ3n) is 2.41. The summed E-state index contributed by atoms with van der Waals surface area (Å²) in [5.74, 6) is -2.89. The monoisotopic (exact) mass is 257 g/mol. The Hall–Kier alpha value is -1.69. The lowest BCUT2D eigenvalue weighted by atomic mass is 9.95. The predicted octanol–water partition coefficient (Wildman–Crippen LogP) is 1.43. The molecule has 0 spiro atoms. The molecule has 2 N–H and O–H groups in total. The van der Waals surface area contributed by atoms with Crippen LogP contribution in [0.15, 0.2) is 12.3 Å². The molecule has 0 aromatic carbocycles. The van der Waals surface area contributed by atoms with Gasteiger partial charge >= 0.3 is 5.97 Å². The molecule has 0 saturated carbocycles. The van der Waals surface area contributed by atoms with Gasteiger partial charge in [-0.25, -0.2) is 9.97 Å². The van der Waals surface area contributed by atoms with Crippen molar-refractivity contribution >= 4 is 29.4 Å². The summed E-state index contributed by atoms with van der Waals surface area (Å²) in [4.78, 5) is 30.0.